The number of fused-ring (bicyclic) bond motifs is 4. The summed E-state index contributed by atoms with van der Waals surface area (Å²) < 4.78 is 7.27. The molecule has 0 bridgehead atoms. The van der Waals surface area contributed by atoms with Crippen LogP contribution < -0.4 is 5.32 Å². The first-order valence-corrected chi connectivity index (χ1v) is 10.5. The number of benzene rings is 3. The Labute approximate surface area is 183 Å². The van der Waals surface area contributed by atoms with Gasteiger partial charge in [-0.25, -0.2) is 9.48 Å². The fourth-order valence-corrected chi connectivity index (χ4v) is 5.66. The number of anilines is 1. The van der Waals surface area contributed by atoms with E-state index < -0.39 is 11.4 Å². The van der Waals surface area contributed by atoms with Gasteiger partial charge < -0.3 is 10.1 Å². The molecule has 1 spiro atoms. The van der Waals surface area contributed by atoms with E-state index >= 15 is 0 Å². The van der Waals surface area contributed by atoms with Crippen molar-refractivity contribution in [3.8, 4) is 5.69 Å². The summed E-state index contributed by atoms with van der Waals surface area (Å²) in [5, 5.41) is 10.1. The Kier molecular flexibility index (Phi) is 3.13. The number of hydrogen-bond acceptors (Lipinski definition) is 5. The number of hydrogen-bond donors (Lipinski definition) is 1. The van der Waals surface area contributed by atoms with Crippen molar-refractivity contribution in [1.29, 1.82) is 0 Å². The highest BCUT2D eigenvalue weighted by atomic mass is 16.5. The Morgan fingerprint density at radius 1 is 1.00 bits per heavy atom. The predicted octanol–water partition coefficient (Wildman–Crippen LogP) is 4.05. The van der Waals surface area contributed by atoms with Crippen LogP contribution >= 0.6 is 0 Å². The van der Waals surface area contributed by atoms with Gasteiger partial charge in [-0.1, -0.05) is 54.6 Å². The third-order valence-electron chi connectivity index (χ3n) is 6.83. The van der Waals surface area contributed by atoms with Crippen LogP contribution in [0.5, 0.6) is 0 Å². The summed E-state index contributed by atoms with van der Waals surface area (Å²) in [4.78, 5) is 27.4. The molecule has 32 heavy (non-hydrogen) atoms. The summed E-state index contributed by atoms with van der Waals surface area (Å²) in [6.45, 7) is 2.00. The van der Waals surface area contributed by atoms with E-state index in [1.165, 1.54) is 0 Å². The largest absolute Gasteiger partial charge is 0.456 e. The average Bonchev–Trinajstić information content (AvgIpc) is 3.44. The fourth-order valence-electron chi connectivity index (χ4n) is 5.66. The molecule has 1 unspecified atom stereocenters. The summed E-state index contributed by atoms with van der Waals surface area (Å²) >= 11 is 0. The van der Waals surface area contributed by atoms with Gasteiger partial charge in [0, 0.05) is 11.1 Å². The van der Waals surface area contributed by atoms with Crippen molar-refractivity contribution in [2.45, 2.75) is 12.3 Å². The van der Waals surface area contributed by atoms with E-state index in [0.29, 0.717) is 33.9 Å². The summed E-state index contributed by atoms with van der Waals surface area (Å²) in [7, 11) is 0. The molecule has 1 aromatic heterocycles. The first-order valence-electron chi connectivity index (χ1n) is 10.5. The highest BCUT2D eigenvalue weighted by molar-refractivity contribution is 6.27. The van der Waals surface area contributed by atoms with Crippen LogP contribution in [-0.2, 0) is 14.9 Å². The van der Waals surface area contributed by atoms with Crippen LogP contribution in [0.4, 0.5) is 5.82 Å². The van der Waals surface area contributed by atoms with Crippen LogP contribution in [0.25, 0.3) is 16.5 Å². The number of rotatable bonds is 1. The summed E-state index contributed by atoms with van der Waals surface area (Å²) in [6.07, 6.45) is 0. The molecule has 0 saturated heterocycles. The number of ether oxygens (including phenoxy) is 1. The molecular formula is C26H17N3O3. The van der Waals surface area contributed by atoms with Crippen molar-refractivity contribution >= 4 is 28.3 Å². The van der Waals surface area contributed by atoms with Gasteiger partial charge in [0.15, 0.2) is 5.78 Å². The Bertz CT molecular complexity index is 1540. The third kappa shape index (κ3) is 1.84. The molecule has 3 heterocycles. The number of cyclic esters (lactones) is 1. The third-order valence-corrected chi connectivity index (χ3v) is 6.83. The minimum absolute atomic E-state index is 0.103. The molecule has 1 N–H and O–H groups in total. The van der Waals surface area contributed by atoms with Gasteiger partial charge in [-0.15, -0.1) is 0 Å². The van der Waals surface area contributed by atoms with Crippen molar-refractivity contribution in [2.24, 2.45) is 0 Å². The maximum atomic E-state index is 14.3. The van der Waals surface area contributed by atoms with Gasteiger partial charge in [-0.05, 0) is 35.4 Å². The number of nitrogens with zero attached hydrogens (tertiary/aromatic N) is 2. The zero-order valence-electron chi connectivity index (χ0n) is 17.2. The van der Waals surface area contributed by atoms with E-state index in [1.54, 1.807) is 0 Å². The van der Waals surface area contributed by atoms with Crippen LogP contribution in [0.1, 0.15) is 27.2 Å². The molecule has 0 fully saturated rings. The smallest absolute Gasteiger partial charge is 0.338 e. The minimum atomic E-state index is -1.27. The topological polar surface area (TPSA) is 73.2 Å². The molecule has 2 aliphatic heterocycles. The molecule has 1 aliphatic carbocycles. The lowest BCUT2D eigenvalue weighted by Gasteiger charge is -2.34. The Balaban J connectivity index is 1.65. The maximum Gasteiger partial charge on any atom is 0.338 e. The molecule has 7 rings (SSSR count). The van der Waals surface area contributed by atoms with E-state index in [-0.39, 0.29) is 12.4 Å². The van der Waals surface area contributed by atoms with Crippen molar-refractivity contribution in [3.05, 3.63) is 100 Å². The molecule has 0 saturated carbocycles. The van der Waals surface area contributed by atoms with E-state index in [0.717, 1.165) is 22.0 Å². The normalized spacial score (nSPS) is 20.5. The van der Waals surface area contributed by atoms with Gasteiger partial charge in [-0.2, -0.15) is 5.10 Å². The van der Waals surface area contributed by atoms with Crippen molar-refractivity contribution in [1.82, 2.24) is 9.78 Å². The van der Waals surface area contributed by atoms with Gasteiger partial charge in [0.2, 0.25) is 0 Å². The molecule has 3 aliphatic rings. The van der Waals surface area contributed by atoms with Crippen molar-refractivity contribution in [3.63, 3.8) is 0 Å². The summed E-state index contributed by atoms with van der Waals surface area (Å²) in [5.41, 5.74) is 3.46. The zero-order valence-corrected chi connectivity index (χ0v) is 17.2. The molecule has 0 radical (unpaired) electrons. The molecular weight excluding hydrogens is 402 g/mol. The van der Waals surface area contributed by atoms with Crippen molar-refractivity contribution in [2.75, 3.05) is 11.9 Å². The van der Waals surface area contributed by atoms with Gasteiger partial charge in [0.1, 0.15) is 17.8 Å². The number of nitrogens with one attached hydrogen (secondary N) is 1. The summed E-state index contributed by atoms with van der Waals surface area (Å²) in [6, 6.07) is 21.4. The van der Waals surface area contributed by atoms with E-state index in [9.17, 15) is 9.59 Å². The Morgan fingerprint density at radius 3 is 2.59 bits per heavy atom. The Morgan fingerprint density at radius 2 is 1.78 bits per heavy atom. The van der Waals surface area contributed by atoms with E-state index in [1.807, 2.05) is 78.3 Å². The fraction of sp³-hybridized carbons (Fsp3) is 0.115. The SMILES string of the molecule is Cc1nn(-c2ccccc2)c2c1C1(C(=O)c3cccc4cccc1c34)C1=C(COC1=O)N2. The van der Waals surface area contributed by atoms with Crippen molar-refractivity contribution < 1.29 is 14.3 Å². The lowest BCUT2D eigenvalue weighted by atomic mass is 9.66. The number of esters is 1. The summed E-state index contributed by atoms with van der Waals surface area (Å²) in [5.74, 6) is 0.140. The maximum absolute atomic E-state index is 14.3. The number of carbonyl (C=O) groups excluding carboxylic acids is 2. The number of ketones is 1. The second-order valence-electron chi connectivity index (χ2n) is 8.40. The molecule has 0 amide bonds. The van der Waals surface area contributed by atoms with Crippen LogP contribution in [0, 0.1) is 6.92 Å². The van der Waals surface area contributed by atoms with Crippen LogP contribution in [0.3, 0.4) is 0 Å². The molecule has 4 aromatic rings. The number of aryl methyl sites for hydroxylation is 1. The van der Waals surface area contributed by atoms with E-state index in [2.05, 4.69) is 5.32 Å². The van der Waals surface area contributed by atoms with Crippen LogP contribution in [0.2, 0.25) is 0 Å². The number of para-hydroxylation sites is 1. The second-order valence-corrected chi connectivity index (χ2v) is 8.40. The number of aromatic nitrogens is 2. The van der Waals surface area contributed by atoms with Gasteiger partial charge >= 0.3 is 5.97 Å². The van der Waals surface area contributed by atoms with Gasteiger partial charge in [0.25, 0.3) is 0 Å². The average molecular weight is 419 g/mol. The van der Waals surface area contributed by atoms with E-state index in [4.69, 9.17) is 9.84 Å². The Hall–Kier alpha value is -4.19. The highest BCUT2D eigenvalue weighted by Crippen LogP contribution is 2.57. The number of carbonyl (C=O) groups is 2. The zero-order chi connectivity index (χ0) is 21.6. The molecule has 1 atom stereocenters. The molecule has 6 heteroatoms. The lowest BCUT2D eigenvalue weighted by Crippen LogP contribution is -2.42. The first kappa shape index (κ1) is 17.5. The molecule has 6 nitrogen and oxygen atoms in total. The van der Waals surface area contributed by atoms with Crippen LogP contribution in [0.15, 0.2) is 78.0 Å². The quantitative estimate of drug-likeness (QED) is 0.471. The highest BCUT2D eigenvalue weighted by Gasteiger charge is 2.60. The second kappa shape index (κ2) is 5.73. The lowest BCUT2D eigenvalue weighted by molar-refractivity contribution is -0.136. The van der Waals surface area contributed by atoms with Gasteiger partial charge in [0.05, 0.1) is 22.7 Å². The molecule has 154 valence electrons. The minimum Gasteiger partial charge on any atom is -0.456 e. The standard InChI is InChI=1S/C26H17N3O3/c1-14-21-24(29(28-14)16-9-3-2-4-10-16)27-19-13-32-25(31)22(19)26(21)18-12-6-8-15-7-5-11-17(20(15)18)23(26)30/h2-12,27H,13H2,1H3. The van der Waals surface area contributed by atoms with Gasteiger partial charge in [-0.3, -0.25) is 4.79 Å². The van der Waals surface area contributed by atoms with Crippen LogP contribution in [-0.4, -0.2) is 28.1 Å². The number of Topliss-reactive ketones (excluding diaryl/α,β-unsaturated/α-hetero) is 1. The monoisotopic (exact) mass is 419 g/mol. The molecule has 3 aromatic carbocycles. The predicted molar refractivity (Wildman–Crippen MR) is 119 cm³/mol. The first-order chi connectivity index (χ1) is 15.6.